The minimum atomic E-state index is -0.0904. The average molecular weight is 371 g/mol. The van der Waals surface area contributed by atoms with Gasteiger partial charge in [-0.25, -0.2) is 4.79 Å². The van der Waals surface area contributed by atoms with Crippen molar-refractivity contribution in [3.63, 3.8) is 0 Å². The fourth-order valence-electron chi connectivity index (χ4n) is 3.96. The topological polar surface area (TPSA) is 66.1 Å². The summed E-state index contributed by atoms with van der Waals surface area (Å²) < 4.78 is 11.5. The van der Waals surface area contributed by atoms with Gasteiger partial charge in [0.25, 0.3) is 0 Å². The Morgan fingerprint density at radius 1 is 0.808 bits per heavy atom. The molecule has 2 saturated heterocycles. The predicted octanol–water partition coefficient (Wildman–Crippen LogP) is 1.28. The van der Waals surface area contributed by atoms with Crippen LogP contribution in [0.15, 0.2) is 0 Å². The molecule has 2 heterocycles. The maximum atomic E-state index is 12.2. The fraction of sp³-hybridized carbons (Fsp3) is 0.947. The molecule has 6 atom stereocenters. The van der Waals surface area contributed by atoms with Crippen LogP contribution in [-0.2, 0) is 9.47 Å². The predicted molar refractivity (Wildman–Crippen MR) is 103 cm³/mol. The van der Waals surface area contributed by atoms with E-state index in [4.69, 9.17) is 9.47 Å². The quantitative estimate of drug-likeness (QED) is 0.737. The first-order valence-corrected chi connectivity index (χ1v) is 10.0. The summed E-state index contributed by atoms with van der Waals surface area (Å²) >= 11 is 0. The molecule has 26 heavy (non-hydrogen) atoms. The van der Waals surface area contributed by atoms with Crippen molar-refractivity contribution in [2.75, 3.05) is 39.3 Å². The van der Waals surface area contributed by atoms with Crippen LogP contribution < -0.4 is 10.6 Å². The molecule has 0 aromatic carbocycles. The first kappa shape index (κ1) is 21.4. The van der Waals surface area contributed by atoms with Gasteiger partial charge in [-0.3, -0.25) is 9.80 Å². The number of hydrogen-bond donors (Lipinski definition) is 2. The Hall–Kier alpha value is -0.890. The summed E-state index contributed by atoms with van der Waals surface area (Å²) in [5, 5.41) is 6.02. The molecule has 2 aliphatic rings. The van der Waals surface area contributed by atoms with Gasteiger partial charge in [-0.2, -0.15) is 0 Å². The second kappa shape index (κ2) is 9.88. The Morgan fingerprint density at radius 3 is 1.42 bits per heavy atom. The summed E-state index contributed by atoms with van der Waals surface area (Å²) in [5.41, 5.74) is 0. The van der Waals surface area contributed by atoms with Gasteiger partial charge in [-0.15, -0.1) is 0 Å². The van der Waals surface area contributed by atoms with Crippen molar-refractivity contribution in [2.24, 2.45) is 0 Å². The number of nitrogens with one attached hydrogen (secondary N) is 2. The molecule has 7 heteroatoms. The lowest BCUT2D eigenvalue weighted by Gasteiger charge is -2.39. The van der Waals surface area contributed by atoms with Crippen LogP contribution in [0.2, 0.25) is 0 Å². The molecule has 0 aromatic heterocycles. The smallest absolute Gasteiger partial charge is 0.314 e. The summed E-state index contributed by atoms with van der Waals surface area (Å²) in [5.74, 6) is 0. The van der Waals surface area contributed by atoms with Gasteiger partial charge in [0.15, 0.2) is 0 Å². The highest BCUT2D eigenvalue weighted by molar-refractivity contribution is 5.73. The third-order valence-corrected chi connectivity index (χ3v) is 5.26. The lowest BCUT2D eigenvalue weighted by Crippen LogP contribution is -2.54. The van der Waals surface area contributed by atoms with Gasteiger partial charge in [0.2, 0.25) is 0 Å². The second-order valence-electron chi connectivity index (χ2n) is 8.21. The van der Waals surface area contributed by atoms with E-state index in [1.54, 1.807) is 0 Å². The number of rotatable bonds is 6. The number of amides is 2. The number of carbonyl (C=O) groups is 1. The number of nitrogens with zero attached hydrogens (tertiary/aromatic N) is 2. The van der Waals surface area contributed by atoms with Gasteiger partial charge >= 0.3 is 6.03 Å². The van der Waals surface area contributed by atoms with Gasteiger partial charge in [-0.05, 0) is 41.5 Å². The molecule has 0 unspecified atom stereocenters. The summed E-state index contributed by atoms with van der Waals surface area (Å²) in [7, 11) is 0. The third-order valence-electron chi connectivity index (χ3n) is 5.26. The fourth-order valence-corrected chi connectivity index (χ4v) is 3.96. The van der Waals surface area contributed by atoms with Crippen molar-refractivity contribution < 1.29 is 14.3 Å². The van der Waals surface area contributed by atoms with Gasteiger partial charge < -0.3 is 20.1 Å². The van der Waals surface area contributed by atoms with Crippen LogP contribution in [-0.4, -0.2) is 91.6 Å². The first-order chi connectivity index (χ1) is 12.2. The molecule has 2 amide bonds. The summed E-state index contributed by atoms with van der Waals surface area (Å²) in [6.07, 6.45) is 0.978. The molecular weight excluding hydrogens is 332 g/mol. The Morgan fingerprint density at radius 2 is 1.12 bits per heavy atom. The molecule has 2 aliphatic heterocycles. The Balaban J connectivity index is 1.66. The number of ether oxygens (including phenoxy) is 2. The first-order valence-electron chi connectivity index (χ1n) is 10.0. The maximum absolute atomic E-state index is 12.2. The van der Waals surface area contributed by atoms with Crippen molar-refractivity contribution in [1.82, 2.24) is 20.4 Å². The third kappa shape index (κ3) is 6.68. The zero-order chi connectivity index (χ0) is 19.3. The number of hydrogen-bond acceptors (Lipinski definition) is 5. The van der Waals surface area contributed by atoms with E-state index >= 15 is 0 Å². The molecule has 0 bridgehead atoms. The Labute approximate surface area is 158 Å². The lowest BCUT2D eigenvalue weighted by atomic mass is 10.1. The molecular formula is C19H38N4O3. The minimum Gasteiger partial charge on any atom is -0.373 e. The van der Waals surface area contributed by atoms with Gasteiger partial charge in [0.1, 0.15) is 0 Å². The van der Waals surface area contributed by atoms with E-state index in [-0.39, 0.29) is 30.4 Å². The summed E-state index contributed by atoms with van der Waals surface area (Å²) in [6.45, 7) is 17.7. The van der Waals surface area contributed by atoms with E-state index in [1.165, 1.54) is 0 Å². The van der Waals surface area contributed by atoms with E-state index in [2.05, 4.69) is 62.0 Å². The summed E-state index contributed by atoms with van der Waals surface area (Å²) in [6, 6.07) is 0.508. The number of morpholine rings is 2. The van der Waals surface area contributed by atoms with Crippen LogP contribution in [0.1, 0.15) is 41.5 Å². The van der Waals surface area contributed by atoms with Crippen LogP contribution in [0.5, 0.6) is 0 Å². The lowest BCUT2D eigenvalue weighted by molar-refractivity contribution is -0.0780. The van der Waals surface area contributed by atoms with Crippen molar-refractivity contribution in [3.05, 3.63) is 0 Å². The van der Waals surface area contributed by atoms with Crippen molar-refractivity contribution >= 4 is 6.03 Å². The standard InChI is InChI=1S/C19H38N4O3/c1-13(22-9-15(3)25-16(4)10-22)7-20-19(24)21-8-14(2)23-11-17(5)26-18(6)12-23/h13-18H,7-12H2,1-6H3,(H2,20,21,24)/t13-,14+,15-,16-,17+,18+. The van der Waals surface area contributed by atoms with Crippen LogP contribution in [0.4, 0.5) is 4.79 Å². The molecule has 7 nitrogen and oxygen atoms in total. The number of carbonyl (C=O) groups excluding carboxylic acids is 1. The Kier molecular flexibility index (Phi) is 8.13. The molecule has 152 valence electrons. The minimum absolute atomic E-state index is 0.0904. The molecule has 2 rings (SSSR count). The van der Waals surface area contributed by atoms with Gasteiger partial charge in [0, 0.05) is 51.4 Å². The normalized spacial score (nSPS) is 33.5. The van der Waals surface area contributed by atoms with Gasteiger partial charge in [-0.1, -0.05) is 0 Å². The second-order valence-corrected chi connectivity index (χ2v) is 8.21. The molecule has 0 aliphatic carbocycles. The highest BCUT2D eigenvalue weighted by Gasteiger charge is 2.27. The maximum Gasteiger partial charge on any atom is 0.314 e. The molecule has 0 aromatic rings. The van der Waals surface area contributed by atoms with E-state index in [0.717, 1.165) is 26.2 Å². The van der Waals surface area contributed by atoms with E-state index in [9.17, 15) is 4.79 Å². The highest BCUT2D eigenvalue weighted by Crippen LogP contribution is 2.14. The molecule has 2 fully saturated rings. The van der Waals surface area contributed by atoms with Crippen molar-refractivity contribution in [2.45, 2.75) is 78.0 Å². The van der Waals surface area contributed by atoms with Crippen LogP contribution in [0.25, 0.3) is 0 Å². The Bertz CT molecular complexity index is 393. The highest BCUT2D eigenvalue weighted by atomic mass is 16.5. The SMILES string of the molecule is C[C@@H]1CN([C@H](C)CNC(=O)NC[C@H](C)N2C[C@H](C)O[C@@H](C)C2)C[C@@H](C)O1. The van der Waals surface area contributed by atoms with Crippen LogP contribution in [0.3, 0.4) is 0 Å². The van der Waals surface area contributed by atoms with Crippen LogP contribution in [0, 0.1) is 0 Å². The monoisotopic (exact) mass is 370 g/mol. The molecule has 0 saturated carbocycles. The van der Waals surface area contributed by atoms with E-state index in [0.29, 0.717) is 25.2 Å². The van der Waals surface area contributed by atoms with Crippen LogP contribution >= 0.6 is 0 Å². The largest absolute Gasteiger partial charge is 0.373 e. The molecule has 2 N–H and O–H groups in total. The van der Waals surface area contributed by atoms with Crippen molar-refractivity contribution in [1.29, 1.82) is 0 Å². The zero-order valence-electron chi connectivity index (χ0n) is 17.3. The van der Waals surface area contributed by atoms with Crippen molar-refractivity contribution in [3.8, 4) is 0 Å². The molecule has 0 spiro atoms. The summed E-state index contributed by atoms with van der Waals surface area (Å²) in [4.78, 5) is 16.9. The molecule has 0 radical (unpaired) electrons. The average Bonchev–Trinajstić information content (AvgIpc) is 2.55. The number of urea groups is 1. The van der Waals surface area contributed by atoms with E-state index < -0.39 is 0 Å². The zero-order valence-corrected chi connectivity index (χ0v) is 17.3. The van der Waals surface area contributed by atoms with Gasteiger partial charge in [0.05, 0.1) is 24.4 Å². The van der Waals surface area contributed by atoms with E-state index in [1.807, 2.05) is 0 Å².